The van der Waals surface area contributed by atoms with Crippen molar-refractivity contribution in [1.29, 1.82) is 0 Å². The topological polar surface area (TPSA) is 0 Å². The predicted molar refractivity (Wildman–Crippen MR) is 146 cm³/mol. The van der Waals surface area contributed by atoms with E-state index in [1.807, 2.05) is 0 Å². The van der Waals surface area contributed by atoms with Gasteiger partial charge >= 0.3 is 0 Å². The van der Waals surface area contributed by atoms with Crippen LogP contribution in [0.1, 0.15) is 49.9 Å². The molecule has 0 fully saturated rings. The van der Waals surface area contributed by atoms with Crippen molar-refractivity contribution in [3.8, 4) is 0 Å². The molecule has 31 heavy (non-hydrogen) atoms. The molecule has 1 aliphatic carbocycles. The molecule has 0 saturated heterocycles. The highest BCUT2D eigenvalue weighted by Gasteiger charge is 2.43. The molecule has 0 saturated carbocycles. The van der Waals surface area contributed by atoms with E-state index in [4.69, 9.17) is 0 Å². The highest BCUT2D eigenvalue weighted by molar-refractivity contribution is 7.07. The first-order valence-electron chi connectivity index (χ1n) is 11.8. The zero-order chi connectivity index (χ0) is 23.5. The van der Waals surface area contributed by atoms with Crippen LogP contribution in [0.15, 0.2) is 52.2 Å². The summed E-state index contributed by atoms with van der Waals surface area (Å²) in [4.78, 5) is 0. The monoisotopic (exact) mass is 446 g/mol. The second-order valence-electron chi connectivity index (χ2n) is 11.3. The van der Waals surface area contributed by atoms with E-state index in [9.17, 15) is 0 Å². The molecule has 2 heteroatoms. The Labute approximate surface area is 193 Å². The third-order valence-corrected chi connectivity index (χ3v) is 15.0. The van der Waals surface area contributed by atoms with Gasteiger partial charge in [0, 0.05) is 0 Å². The smallest absolute Gasteiger partial charge is 0.0656 e. The van der Waals surface area contributed by atoms with Gasteiger partial charge in [0.25, 0.3) is 0 Å². The average Bonchev–Trinajstić information content (AvgIpc) is 2.87. The minimum atomic E-state index is -2.15. The lowest BCUT2D eigenvalue weighted by Gasteiger charge is -2.36. The number of rotatable bonds is 4. The van der Waals surface area contributed by atoms with Crippen LogP contribution >= 0.6 is 0 Å². The van der Waals surface area contributed by atoms with Gasteiger partial charge in [0.2, 0.25) is 0 Å². The first-order chi connectivity index (χ1) is 14.2. The van der Waals surface area contributed by atoms with Gasteiger partial charge in [-0.25, -0.2) is 0 Å². The Hall–Kier alpha value is -1.65. The summed E-state index contributed by atoms with van der Waals surface area (Å²) in [7, 11) is -3.56. The van der Waals surface area contributed by atoms with Gasteiger partial charge in [0.1, 0.15) is 8.07 Å². The first kappa shape index (κ1) is 24.0. The van der Waals surface area contributed by atoms with Crippen molar-refractivity contribution in [3.05, 3.63) is 74.5 Å². The van der Waals surface area contributed by atoms with Crippen LogP contribution in [0, 0.1) is 33.6 Å². The van der Waals surface area contributed by atoms with Crippen LogP contribution in [0.4, 0.5) is 0 Å². The maximum atomic E-state index is 2.63. The maximum Gasteiger partial charge on any atom is 0.142 e. The molecule has 0 amide bonds. The van der Waals surface area contributed by atoms with Crippen LogP contribution < -0.4 is 15.6 Å². The molecule has 0 N–H and O–H groups in total. The van der Waals surface area contributed by atoms with Crippen molar-refractivity contribution >= 4 is 31.7 Å². The lowest BCUT2D eigenvalue weighted by Crippen LogP contribution is -2.60. The normalized spacial score (nSPS) is 19.3. The highest BCUT2D eigenvalue weighted by Crippen LogP contribution is 2.41. The molecule has 0 heterocycles. The summed E-state index contributed by atoms with van der Waals surface area (Å²) in [6, 6.07) is 12.6. The molecule has 2 aromatic carbocycles. The van der Waals surface area contributed by atoms with Gasteiger partial charge < -0.3 is 0 Å². The van der Waals surface area contributed by atoms with Crippen LogP contribution in [-0.2, 0) is 0 Å². The SMILES string of the molecule is CC1=C(C)C(C)C([Si](C)(c2cc(C)cc([Si](C)(C)C)c2)c2cc(C)c(C)c(C)c2)=C1C. The minimum absolute atomic E-state index is 0.523. The summed E-state index contributed by atoms with van der Waals surface area (Å²) >= 11 is 0. The lowest BCUT2D eigenvalue weighted by atomic mass is 10.0. The third-order valence-electron chi connectivity index (χ3n) is 8.20. The Bertz CT molecular complexity index is 1090. The molecule has 2 aromatic rings. The second-order valence-corrected chi connectivity index (χ2v) is 20.3. The van der Waals surface area contributed by atoms with Crippen molar-refractivity contribution < 1.29 is 0 Å². The summed E-state index contributed by atoms with van der Waals surface area (Å²) in [5, 5.41) is 6.48. The summed E-state index contributed by atoms with van der Waals surface area (Å²) in [5.41, 5.74) is 10.3. The average molecular weight is 447 g/mol. The molecule has 0 bridgehead atoms. The molecular formula is C29H42Si2. The molecule has 2 unspecified atom stereocenters. The maximum absolute atomic E-state index is 2.63. The summed E-state index contributed by atoms with van der Waals surface area (Å²) < 4.78 is 0. The number of hydrogen-bond donors (Lipinski definition) is 0. The zero-order valence-electron chi connectivity index (χ0n) is 22.0. The van der Waals surface area contributed by atoms with E-state index in [1.54, 1.807) is 31.9 Å². The minimum Gasteiger partial charge on any atom is -0.0656 e. The van der Waals surface area contributed by atoms with Gasteiger partial charge in [-0.3, -0.25) is 0 Å². The quantitative estimate of drug-likeness (QED) is 0.470. The van der Waals surface area contributed by atoms with Crippen LogP contribution in [0.25, 0.3) is 0 Å². The Morgan fingerprint density at radius 3 is 1.55 bits per heavy atom. The van der Waals surface area contributed by atoms with E-state index in [1.165, 1.54) is 27.8 Å². The van der Waals surface area contributed by atoms with E-state index >= 15 is 0 Å². The standard InChI is InChI=1S/C29H42Si2/c1-18-13-26(30(9,10)11)17-27(14-18)31(12,28-15-19(2)21(4)20(3)16-28)29-24(7)22(5)23(6)25(29)8/h13-17,24H,1-12H3. The molecule has 1 aliphatic rings. The van der Waals surface area contributed by atoms with Crippen LogP contribution in [-0.4, -0.2) is 16.1 Å². The largest absolute Gasteiger partial charge is 0.142 e. The van der Waals surface area contributed by atoms with Crippen LogP contribution in [0.2, 0.25) is 26.2 Å². The summed E-state index contributed by atoms with van der Waals surface area (Å²) in [6.07, 6.45) is 0. The van der Waals surface area contributed by atoms with Crippen molar-refractivity contribution in [1.82, 2.24) is 0 Å². The number of hydrogen-bond acceptors (Lipinski definition) is 0. The fourth-order valence-corrected chi connectivity index (χ4v) is 11.8. The molecule has 0 spiro atoms. The van der Waals surface area contributed by atoms with Crippen molar-refractivity contribution in [2.75, 3.05) is 0 Å². The van der Waals surface area contributed by atoms with Crippen LogP contribution in [0.5, 0.6) is 0 Å². The summed E-state index contributed by atoms with van der Waals surface area (Å²) in [6.45, 7) is 28.7. The Morgan fingerprint density at radius 1 is 0.613 bits per heavy atom. The zero-order valence-corrected chi connectivity index (χ0v) is 24.0. The van der Waals surface area contributed by atoms with Gasteiger partial charge in [-0.05, 0) is 87.0 Å². The molecule has 0 nitrogen and oxygen atoms in total. The third kappa shape index (κ3) is 3.98. The van der Waals surface area contributed by atoms with Gasteiger partial charge in [-0.2, -0.15) is 0 Å². The van der Waals surface area contributed by atoms with E-state index in [2.05, 4.69) is 112 Å². The van der Waals surface area contributed by atoms with Crippen molar-refractivity contribution in [3.63, 3.8) is 0 Å². The van der Waals surface area contributed by atoms with E-state index in [0.29, 0.717) is 5.92 Å². The Kier molecular flexibility index (Phi) is 6.23. The Morgan fingerprint density at radius 2 is 1.10 bits per heavy atom. The van der Waals surface area contributed by atoms with Crippen molar-refractivity contribution in [2.45, 2.75) is 81.6 Å². The molecule has 0 radical (unpaired) electrons. The van der Waals surface area contributed by atoms with E-state index in [0.717, 1.165) is 0 Å². The molecule has 2 atom stereocenters. The van der Waals surface area contributed by atoms with Gasteiger partial charge in [0.05, 0.1) is 8.07 Å². The predicted octanol–water partition coefficient (Wildman–Crippen LogP) is 6.50. The van der Waals surface area contributed by atoms with Gasteiger partial charge in [-0.1, -0.05) is 90.5 Å². The highest BCUT2D eigenvalue weighted by atomic mass is 28.3. The number of benzene rings is 2. The van der Waals surface area contributed by atoms with Crippen LogP contribution in [0.3, 0.4) is 0 Å². The van der Waals surface area contributed by atoms with E-state index < -0.39 is 16.1 Å². The van der Waals surface area contributed by atoms with Crippen molar-refractivity contribution in [2.24, 2.45) is 5.92 Å². The van der Waals surface area contributed by atoms with E-state index in [-0.39, 0.29) is 0 Å². The number of aryl methyl sites for hydroxylation is 3. The summed E-state index contributed by atoms with van der Waals surface area (Å²) in [5.74, 6) is 0.523. The molecule has 0 aromatic heterocycles. The fraction of sp³-hybridized carbons (Fsp3) is 0.448. The lowest BCUT2D eigenvalue weighted by molar-refractivity contribution is 0.850. The molecule has 0 aliphatic heterocycles. The molecule has 166 valence electrons. The van der Waals surface area contributed by atoms with Gasteiger partial charge in [-0.15, -0.1) is 0 Å². The Balaban J connectivity index is 2.42. The number of allylic oxidation sites excluding steroid dienone is 4. The molecular weight excluding hydrogens is 404 g/mol. The molecule has 3 rings (SSSR count). The first-order valence-corrected chi connectivity index (χ1v) is 17.8. The van der Waals surface area contributed by atoms with Gasteiger partial charge in [0.15, 0.2) is 0 Å². The second kappa shape index (κ2) is 8.04. The fourth-order valence-electron chi connectivity index (χ4n) is 5.48.